The largest absolute Gasteiger partial charge is 0.415 e. The Balaban J connectivity index is 1.49. The van der Waals surface area contributed by atoms with Crippen molar-refractivity contribution in [2.75, 3.05) is 32.7 Å². The Morgan fingerprint density at radius 1 is 1.15 bits per heavy atom. The van der Waals surface area contributed by atoms with Crippen molar-refractivity contribution >= 4 is 29.5 Å². The van der Waals surface area contributed by atoms with Crippen LogP contribution < -0.4 is 0 Å². The van der Waals surface area contributed by atoms with Crippen LogP contribution in [0.3, 0.4) is 0 Å². The molecule has 3 fully saturated rings. The number of amides is 3. The smallest absolute Gasteiger partial charge is 0.410 e. The molecular weight excluding hydrogens is 516 g/mol. The summed E-state index contributed by atoms with van der Waals surface area (Å²) in [6, 6.07) is 9.38. The van der Waals surface area contributed by atoms with E-state index in [1.165, 1.54) is 12.2 Å². The number of halogens is 1. The molecule has 206 valence electrons. The van der Waals surface area contributed by atoms with E-state index in [-0.39, 0.29) is 29.7 Å². The normalized spacial score (nSPS) is 22.5. The average molecular weight is 551 g/mol. The zero-order chi connectivity index (χ0) is 28.2. The van der Waals surface area contributed by atoms with E-state index in [1.54, 1.807) is 15.9 Å². The van der Waals surface area contributed by atoms with Crippen LogP contribution in [0.1, 0.15) is 44.1 Å². The Hall–Kier alpha value is -3.57. The van der Waals surface area contributed by atoms with Gasteiger partial charge in [-0.25, -0.2) is 4.79 Å². The van der Waals surface area contributed by atoms with Gasteiger partial charge in [0, 0.05) is 49.6 Å². The molecule has 0 spiro atoms. The number of rotatable bonds is 8. The Morgan fingerprint density at radius 2 is 1.82 bits per heavy atom. The molecule has 0 N–H and O–H groups in total. The van der Waals surface area contributed by atoms with E-state index in [0.29, 0.717) is 69.2 Å². The number of hydrogen-bond donors (Lipinski definition) is 0. The van der Waals surface area contributed by atoms with Crippen LogP contribution in [-0.2, 0) is 14.3 Å². The number of likely N-dealkylation sites (tertiary alicyclic amines) is 2. The Morgan fingerprint density at radius 3 is 2.36 bits per heavy atom. The summed E-state index contributed by atoms with van der Waals surface area (Å²) in [7, 11) is 0. The molecule has 1 aliphatic carbocycles. The second kappa shape index (κ2) is 12.1. The lowest BCUT2D eigenvalue weighted by Gasteiger charge is -2.34. The van der Waals surface area contributed by atoms with Crippen LogP contribution >= 0.6 is 11.6 Å². The van der Waals surface area contributed by atoms with Gasteiger partial charge in [-0.1, -0.05) is 43.0 Å². The van der Waals surface area contributed by atoms with Crippen LogP contribution in [-0.4, -0.2) is 71.4 Å². The zero-order valence-electron chi connectivity index (χ0n) is 22.4. The fourth-order valence-electron chi connectivity index (χ4n) is 5.63. The van der Waals surface area contributed by atoms with Crippen molar-refractivity contribution in [3.8, 4) is 6.07 Å². The van der Waals surface area contributed by atoms with Crippen molar-refractivity contribution in [1.29, 1.82) is 5.26 Å². The van der Waals surface area contributed by atoms with Crippen molar-refractivity contribution in [2.45, 2.75) is 44.6 Å². The average Bonchev–Trinajstić information content (AvgIpc) is 3.65. The number of nitriles is 1. The second-order valence-corrected chi connectivity index (χ2v) is 10.8. The molecule has 1 aromatic carbocycles. The monoisotopic (exact) mass is 550 g/mol. The van der Waals surface area contributed by atoms with Gasteiger partial charge in [-0.15, -0.1) is 0 Å². The minimum Gasteiger partial charge on any atom is -0.410 e. The van der Waals surface area contributed by atoms with E-state index in [4.69, 9.17) is 16.3 Å². The van der Waals surface area contributed by atoms with Gasteiger partial charge in [0.05, 0.1) is 12.1 Å². The number of allylic oxidation sites excluding steroid dienone is 3. The fraction of sp³-hybridized carbons (Fsp3) is 0.467. The van der Waals surface area contributed by atoms with E-state index in [0.717, 1.165) is 5.56 Å². The lowest BCUT2D eigenvalue weighted by atomic mass is 9.93. The van der Waals surface area contributed by atoms with Gasteiger partial charge in [0.25, 0.3) is 0 Å². The lowest BCUT2D eigenvalue weighted by molar-refractivity contribution is -0.141. The standard InChI is InChI=1S/C30H35ClN4O4/c1-4-7-24(5-2)39-29(38)35(6-3)26-19-34(18-25(26)21-8-10-23(31)11-9-21)27(36)22-12-16-33(17-13-22)28(37)30(20-32)14-15-30/h4-5,7-11,22,25-26H,1-2,6,12-19H2,3H3. The third kappa shape index (κ3) is 6.04. The molecule has 1 saturated carbocycles. The number of benzene rings is 1. The van der Waals surface area contributed by atoms with E-state index in [1.807, 2.05) is 36.1 Å². The number of carbonyl (C=O) groups is 3. The maximum Gasteiger partial charge on any atom is 0.415 e. The van der Waals surface area contributed by atoms with Crippen LogP contribution in [0.25, 0.3) is 0 Å². The van der Waals surface area contributed by atoms with Crippen molar-refractivity contribution in [3.05, 3.63) is 72.0 Å². The molecule has 2 unspecified atom stereocenters. The van der Waals surface area contributed by atoms with Gasteiger partial charge in [0.2, 0.25) is 11.8 Å². The summed E-state index contributed by atoms with van der Waals surface area (Å²) in [5.74, 6) is -0.0931. The molecule has 39 heavy (non-hydrogen) atoms. The zero-order valence-corrected chi connectivity index (χ0v) is 23.1. The third-order valence-corrected chi connectivity index (χ3v) is 8.32. The molecular formula is C30H35ClN4O4. The summed E-state index contributed by atoms with van der Waals surface area (Å²) < 4.78 is 5.57. The quantitative estimate of drug-likeness (QED) is 0.339. The molecule has 1 aromatic rings. The first-order chi connectivity index (χ1) is 18.8. The van der Waals surface area contributed by atoms with Gasteiger partial charge in [-0.3, -0.25) is 9.59 Å². The van der Waals surface area contributed by atoms with Crippen molar-refractivity contribution in [1.82, 2.24) is 14.7 Å². The highest BCUT2D eigenvalue weighted by atomic mass is 35.5. The van der Waals surface area contributed by atoms with E-state index < -0.39 is 11.5 Å². The number of carbonyl (C=O) groups excluding carboxylic acids is 3. The first-order valence-electron chi connectivity index (χ1n) is 13.4. The van der Waals surface area contributed by atoms with Crippen LogP contribution in [0.5, 0.6) is 0 Å². The van der Waals surface area contributed by atoms with Crippen LogP contribution in [0, 0.1) is 22.7 Å². The van der Waals surface area contributed by atoms with Gasteiger partial charge in [0.1, 0.15) is 11.2 Å². The summed E-state index contributed by atoms with van der Waals surface area (Å²) in [6.45, 7) is 11.4. The van der Waals surface area contributed by atoms with Crippen molar-refractivity contribution < 1.29 is 19.1 Å². The maximum atomic E-state index is 13.7. The molecule has 2 aliphatic heterocycles. The van der Waals surface area contributed by atoms with E-state index in [9.17, 15) is 19.6 Å². The maximum absolute atomic E-state index is 13.7. The van der Waals surface area contributed by atoms with E-state index in [2.05, 4.69) is 19.2 Å². The third-order valence-electron chi connectivity index (χ3n) is 8.07. The van der Waals surface area contributed by atoms with Gasteiger partial charge >= 0.3 is 6.09 Å². The number of piperidine rings is 1. The molecule has 4 rings (SSSR count). The highest BCUT2D eigenvalue weighted by Crippen LogP contribution is 2.47. The molecule has 3 aliphatic rings. The summed E-state index contributed by atoms with van der Waals surface area (Å²) in [5.41, 5.74) is 0.151. The molecule has 2 atom stereocenters. The first-order valence-corrected chi connectivity index (χ1v) is 13.8. The van der Waals surface area contributed by atoms with Crippen molar-refractivity contribution in [3.63, 3.8) is 0 Å². The van der Waals surface area contributed by atoms with Crippen LogP contribution in [0.15, 0.2) is 61.4 Å². The summed E-state index contributed by atoms with van der Waals surface area (Å²) in [6.07, 6.45) is 6.40. The Bertz CT molecular complexity index is 1190. The fourth-order valence-corrected chi connectivity index (χ4v) is 5.75. The van der Waals surface area contributed by atoms with Crippen molar-refractivity contribution in [2.24, 2.45) is 11.3 Å². The SMILES string of the molecule is C=CC=C(C=C)OC(=O)N(CC)C1CN(C(=O)C2CCN(C(=O)C3(C#N)CC3)CC2)CC1c1ccc(Cl)cc1. The topological polar surface area (TPSA) is 93.9 Å². The predicted octanol–water partition coefficient (Wildman–Crippen LogP) is 4.89. The van der Waals surface area contributed by atoms with Gasteiger partial charge in [-0.05, 0) is 62.5 Å². The second-order valence-electron chi connectivity index (χ2n) is 10.4. The van der Waals surface area contributed by atoms with Gasteiger partial charge < -0.3 is 19.4 Å². The molecule has 0 radical (unpaired) electrons. The Kier molecular flexibility index (Phi) is 8.81. The Labute approximate surface area is 235 Å². The molecule has 8 nitrogen and oxygen atoms in total. The summed E-state index contributed by atoms with van der Waals surface area (Å²) in [4.78, 5) is 44.9. The highest BCUT2D eigenvalue weighted by Gasteiger charge is 2.53. The molecule has 3 amide bonds. The first kappa shape index (κ1) is 28.4. The predicted molar refractivity (Wildman–Crippen MR) is 148 cm³/mol. The number of likely N-dealkylation sites (N-methyl/N-ethyl adjacent to an activating group) is 1. The number of nitrogens with zero attached hydrogens (tertiary/aromatic N) is 4. The molecule has 2 saturated heterocycles. The molecule has 9 heteroatoms. The van der Waals surface area contributed by atoms with Crippen LogP contribution in [0.4, 0.5) is 4.79 Å². The molecule has 2 heterocycles. The van der Waals surface area contributed by atoms with Gasteiger partial charge in [0.15, 0.2) is 0 Å². The minimum atomic E-state index is -0.838. The van der Waals surface area contributed by atoms with Crippen LogP contribution in [0.2, 0.25) is 5.02 Å². The summed E-state index contributed by atoms with van der Waals surface area (Å²) in [5, 5.41) is 9.99. The number of hydrogen-bond acceptors (Lipinski definition) is 5. The summed E-state index contributed by atoms with van der Waals surface area (Å²) >= 11 is 6.14. The highest BCUT2D eigenvalue weighted by molar-refractivity contribution is 6.30. The van der Waals surface area contributed by atoms with E-state index >= 15 is 0 Å². The molecule has 0 bridgehead atoms. The molecule has 0 aromatic heterocycles. The minimum absolute atomic E-state index is 0.0349. The number of ether oxygens (including phenoxy) is 1. The lowest BCUT2D eigenvalue weighted by Crippen LogP contribution is -2.47. The van der Waals surface area contributed by atoms with Gasteiger partial charge in [-0.2, -0.15) is 5.26 Å².